The Kier molecular flexibility index (Phi) is 5.34. The summed E-state index contributed by atoms with van der Waals surface area (Å²) >= 11 is 6.37. The molecule has 0 amide bonds. The molecule has 0 heterocycles. The highest BCUT2D eigenvalue weighted by molar-refractivity contribution is 6.21. The van der Waals surface area contributed by atoms with Crippen LogP contribution in [0.1, 0.15) is 63.5 Å². The molecule has 1 heteroatoms. The van der Waals surface area contributed by atoms with Crippen molar-refractivity contribution in [3.05, 3.63) is 35.4 Å². The minimum absolute atomic E-state index is 0.259. The molecule has 1 aromatic rings. The maximum Gasteiger partial charge on any atom is 0.0401 e. The fourth-order valence-corrected chi connectivity index (χ4v) is 2.28. The molecule has 1 aromatic carbocycles. The maximum absolute atomic E-state index is 6.37. The maximum atomic E-state index is 6.37. The molecule has 0 N–H and O–H groups in total. The second-order valence-electron chi connectivity index (χ2n) is 4.91. The van der Waals surface area contributed by atoms with Crippen LogP contribution in [0.5, 0.6) is 0 Å². The second-order valence-corrected chi connectivity index (χ2v) is 5.48. The standard InChI is InChI=1S/C15H23Cl/c1-5-6-15(16)12(4)14-9-7-13(8-10-14)11(2)3/h7-12,15H,5-6H2,1-4H3. The first-order chi connectivity index (χ1) is 7.56. The van der Waals surface area contributed by atoms with Gasteiger partial charge in [0, 0.05) is 5.38 Å². The lowest BCUT2D eigenvalue weighted by molar-refractivity contribution is 0.633. The van der Waals surface area contributed by atoms with Crippen LogP contribution in [0.3, 0.4) is 0 Å². The minimum Gasteiger partial charge on any atom is -0.122 e. The topological polar surface area (TPSA) is 0 Å². The molecule has 2 unspecified atom stereocenters. The molecule has 0 bridgehead atoms. The Balaban J connectivity index is 2.73. The predicted molar refractivity (Wildman–Crippen MR) is 73.5 cm³/mol. The number of rotatable bonds is 5. The smallest absolute Gasteiger partial charge is 0.0401 e. The van der Waals surface area contributed by atoms with Crippen LogP contribution < -0.4 is 0 Å². The fourth-order valence-electron chi connectivity index (χ4n) is 1.92. The normalized spacial score (nSPS) is 15.1. The summed E-state index contributed by atoms with van der Waals surface area (Å²) in [4.78, 5) is 0. The van der Waals surface area contributed by atoms with Gasteiger partial charge in [-0.1, -0.05) is 58.4 Å². The summed E-state index contributed by atoms with van der Waals surface area (Å²) in [6.45, 7) is 8.85. The second kappa shape index (κ2) is 6.30. The third-order valence-corrected chi connectivity index (χ3v) is 3.83. The molecule has 0 radical (unpaired) electrons. The zero-order valence-corrected chi connectivity index (χ0v) is 11.6. The number of halogens is 1. The van der Waals surface area contributed by atoms with E-state index in [1.165, 1.54) is 11.1 Å². The van der Waals surface area contributed by atoms with Gasteiger partial charge in [0.05, 0.1) is 0 Å². The van der Waals surface area contributed by atoms with E-state index in [4.69, 9.17) is 11.6 Å². The molecule has 90 valence electrons. The van der Waals surface area contributed by atoms with E-state index in [0.29, 0.717) is 11.8 Å². The average Bonchev–Trinajstić information content (AvgIpc) is 2.28. The first-order valence-corrected chi connectivity index (χ1v) is 6.73. The Morgan fingerprint density at radius 2 is 1.50 bits per heavy atom. The van der Waals surface area contributed by atoms with Gasteiger partial charge in [0.1, 0.15) is 0 Å². The molecular weight excluding hydrogens is 216 g/mol. The van der Waals surface area contributed by atoms with E-state index in [1.807, 2.05) is 0 Å². The SMILES string of the molecule is CCCC(Cl)C(C)c1ccc(C(C)C)cc1. The Labute approximate surface area is 105 Å². The van der Waals surface area contributed by atoms with Crippen LogP contribution in [-0.2, 0) is 0 Å². The number of benzene rings is 1. The molecule has 0 fully saturated rings. The van der Waals surface area contributed by atoms with Gasteiger partial charge in [0.25, 0.3) is 0 Å². The van der Waals surface area contributed by atoms with Crippen LogP contribution in [0.25, 0.3) is 0 Å². The minimum atomic E-state index is 0.259. The van der Waals surface area contributed by atoms with E-state index in [2.05, 4.69) is 52.0 Å². The summed E-state index contributed by atoms with van der Waals surface area (Å²) in [6.07, 6.45) is 2.25. The van der Waals surface area contributed by atoms with Gasteiger partial charge in [0.15, 0.2) is 0 Å². The van der Waals surface area contributed by atoms with E-state index in [9.17, 15) is 0 Å². The van der Waals surface area contributed by atoms with E-state index >= 15 is 0 Å². The van der Waals surface area contributed by atoms with Crippen LogP contribution in [0.2, 0.25) is 0 Å². The van der Waals surface area contributed by atoms with Crippen molar-refractivity contribution in [1.82, 2.24) is 0 Å². The lowest BCUT2D eigenvalue weighted by atomic mass is 9.92. The van der Waals surface area contributed by atoms with Crippen molar-refractivity contribution < 1.29 is 0 Å². The Bertz CT molecular complexity index is 300. The molecule has 0 aliphatic rings. The van der Waals surface area contributed by atoms with Crippen molar-refractivity contribution in [3.63, 3.8) is 0 Å². The summed E-state index contributed by atoms with van der Waals surface area (Å²) in [5.74, 6) is 1.05. The average molecular weight is 239 g/mol. The van der Waals surface area contributed by atoms with E-state index in [-0.39, 0.29) is 5.38 Å². The third-order valence-electron chi connectivity index (χ3n) is 3.24. The molecule has 16 heavy (non-hydrogen) atoms. The monoisotopic (exact) mass is 238 g/mol. The summed E-state index contributed by atoms with van der Waals surface area (Å²) in [6, 6.07) is 8.91. The van der Waals surface area contributed by atoms with Crippen molar-refractivity contribution in [3.8, 4) is 0 Å². The summed E-state index contributed by atoms with van der Waals surface area (Å²) in [5, 5.41) is 0.259. The Morgan fingerprint density at radius 3 is 1.94 bits per heavy atom. The molecule has 2 atom stereocenters. The predicted octanol–water partition coefficient (Wildman–Crippen LogP) is 5.32. The highest BCUT2D eigenvalue weighted by Gasteiger charge is 2.15. The Morgan fingerprint density at radius 1 is 1.00 bits per heavy atom. The lowest BCUT2D eigenvalue weighted by Gasteiger charge is -2.18. The molecule has 1 rings (SSSR count). The highest BCUT2D eigenvalue weighted by atomic mass is 35.5. The highest BCUT2D eigenvalue weighted by Crippen LogP contribution is 2.27. The molecule has 0 spiro atoms. The van der Waals surface area contributed by atoms with Crippen molar-refractivity contribution in [2.45, 2.75) is 57.7 Å². The van der Waals surface area contributed by atoms with Crippen molar-refractivity contribution in [2.75, 3.05) is 0 Å². The van der Waals surface area contributed by atoms with Gasteiger partial charge in [-0.05, 0) is 29.4 Å². The fraction of sp³-hybridized carbons (Fsp3) is 0.600. The third kappa shape index (κ3) is 3.52. The summed E-state index contributed by atoms with van der Waals surface area (Å²) < 4.78 is 0. The quantitative estimate of drug-likeness (QED) is 0.609. The van der Waals surface area contributed by atoms with E-state index in [1.54, 1.807) is 0 Å². The van der Waals surface area contributed by atoms with Gasteiger partial charge in [-0.15, -0.1) is 11.6 Å². The van der Waals surface area contributed by atoms with Gasteiger partial charge in [0.2, 0.25) is 0 Å². The first-order valence-electron chi connectivity index (χ1n) is 6.30. The van der Waals surface area contributed by atoms with Gasteiger partial charge in [-0.25, -0.2) is 0 Å². The van der Waals surface area contributed by atoms with E-state index < -0.39 is 0 Å². The largest absolute Gasteiger partial charge is 0.122 e. The summed E-state index contributed by atoms with van der Waals surface area (Å²) in [7, 11) is 0. The molecule has 0 aliphatic heterocycles. The van der Waals surface area contributed by atoms with Crippen LogP contribution in [0.15, 0.2) is 24.3 Å². The van der Waals surface area contributed by atoms with Gasteiger partial charge >= 0.3 is 0 Å². The lowest BCUT2D eigenvalue weighted by Crippen LogP contribution is -2.09. The van der Waals surface area contributed by atoms with Gasteiger partial charge < -0.3 is 0 Å². The molecule has 0 nitrogen and oxygen atoms in total. The number of alkyl halides is 1. The molecule has 0 saturated carbocycles. The van der Waals surface area contributed by atoms with Crippen molar-refractivity contribution >= 4 is 11.6 Å². The van der Waals surface area contributed by atoms with Crippen molar-refractivity contribution in [2.24, 2.45) is 0 Å². The summed E-state index contributed by atoms with van der Waals surface area (Å²) in [5.41, 5.74) is 2.76. The van der Waals surface area contributed by atoms with Crippen LogP contribution in [0.4, 0.5) is 0 Å². The molecule has 0 saturated heterocycles. The Hall–Kier alpha value is -0.490. The molecule has 0 aromatic heterocycles. The molecular formula is C15H23Cl. The zero-order chi connectivity index (χ0) is 12.1. The van der Waals surface area contributed by atoms with Crippen LogP contribution >= 0.6 is 11.6 Å². The number of hydrogen-bond donors (Lipinski definition) is 0. The first kappa shape index (κ1) is 13.6. The van der Waals surface area contributed by atoms with Crippen molar-refractivity contribution in [1.29, 1.82) is 0 Å². The molecule has 0 aliphatic carbocycles. The van der Waals surface area contributed by atoms with Crippen LogP contribution in [-0.4, -0.2) is 5.38 Å². The van der Waals surface area contributed by atoms with Gasteiger partial charge in [-0.2, -0.15) is 0 Å². The van der Waals surface area contributed by atoms with Crippen LogP contribution in [0, 0.1) is 0 Å². The van der Waals surface area contributed by atoms with E-state index in [0.717, 1.165) is 12.8 Å². The van der Waals surface area contributed by atoms with Gasteiger partial charge in [-0.3, -0.25) is 0 Å². The zero-order valence-electron chi connectivity index (χ0n) is 10.8. The number of hydrogen-bond acceptors (Lipinski definition) is 0.